The van der Waals surface area contributed by atoms with Crippen LogP contribution in [0.4, 0.5) is 0 Å². The molecular formula is C36H41NO6. The predicted octanol–water partition coefficient (Wildman–Crippen LogP) is 6.55. The summed E-state index contributed by atoms with van der Waals surface area (Å²) in [5.41, 5.74) is 4.43. The van der Waals surface area contributed by atoms with Crippen LogP contribution in [0.1, 0.15) is 69.5 Å². The van der Waals surface area contributed by atoms with Crippen LogP contribution in [0.15, 0.2) is 78.9 Å². The summed E-state index contributed by atoms with van der Waals surface area (Å²) in [6.07, 6.45) is 10.4. The normalized spacial score (nSPS) is 13.1. The third-order valence-corrected chi connectivity index (χ3v) is 7.83. The van der Waals surface area contributed by atoms with Crippen molar-refractivity contribution < 1.29 is 28.6 Å². The lowest BCUT2D eigenvalue weighted by atomic mass is 9.92. The number of nitrogens with zero attached hydrogens (tertiary/aromatic N) is 1. The van der Waals surface area contributed by atoms with Gasteiger partial charge in [0.15, 0.2) is 0 Å². The maximum absolute atomic E-state index is 11.9. The molecule has 226 valence electrons. The number of ether oxygens (including phenoxy) is 3. The molecule has 1 heterocycles. The summed E-state index contributed by atoms with van der Waals surface area (Å²) < 4.78 is 15.8. The van der Waals surface area contributed by atoms with E-state index in [2.05, 4.69) is 18.2 Å². The highest BCUT2D eigenvalue weighted by Crippen LogP contribution is 2.24. The van der Waals surface area contributed by atoms with Crippen LogP contribution in [0, 0.1) is 5.92 Å². The molecule has 3 aromatic rings. The van der Waals surface area contributed by atoms with Crippen LogP contribution in [-0.2, 0) is 27.1 Å². The van der Waals surface area contributed by atoms with Gasteiger partial charge >= 0.3 is 11.9 Å². The lowest BCUT2D eigenvalue weighted by molar-refractivity contribution is -0.127. The van der Waals surface area contributed by atoms with Gasteiger partial charge in [-0.05, 0) is 85.9 Å². The van der Waals surface area contributed by atoms with Gasteiger partial charge in [0, 0.05) is 25.1 Å². The summed E-state index contributed by atoms with van der Waals surface area (Å²) in [5.74, 6) is 0.692. The maximum Gasteiger partial charge on any atom is 0.337 e. The van der Waals surface area contributed by atoms with Crippen LogP contribution in [0.3, 0.4) is 0 Å². The monoisotopic (exact) mass is 583 g/mol. The standard InChI is InChI=1S/C36H41NO6/c1-41-35(39)31-20-15-28(16-21-31)12-10-27(11-13-29-17-22-32(23-18-29)36(40)42-2)14-19-30-7-3-4-8-33(30)43-26-6-25-37-24-5-9-34(37)38/h3-4,7-8,14-23,27H,5-6,9-13,24-26H2,1-2H3. The number of rotatable bonds is 15. The van der Waals surface area contributed by atoms with Crippen LogP contribution in [0.25, 0.3) is 6.08 Å². The van der Waals surface area contributed by atoms with Crippen LogP contribution in [-0.4, -0.2) is 56.7 Å². The SMILES string of the molecule is COC(=O)c1ccc(CCC(C=Cc2ccccc2OCCCN2CCCC2=O)CCc2ccc(C(=O)OC)cc2)cc1. The van der Waals surface area contributed by atoms with Crippen molar-refractivity contribution in [3.8, 4) is 5.75 Å². The second-order valence-corrected chi connectivity index (χ2v) is 10.8. The fourth-order valence-electron chi connectivity index (χ4n) is 5.26. The fraction of sp³-hybridized carbons (Fsp3) is 0.361. The van der Waals surface area contributed by atoms with Crippen molar-refractivity contribution >= 4 is 23.9 Å². The number of carbonyl (C=O) groups excluding carboxylic acids is 3. The Labute approximate surface area is 254 Å². The zero-order valence-electron chi connectivity index (χ0n) is 25.1. The summed E-state index contributed by atoms with van der Waals surface area (Å²) in [6, 6.07) is 23.2. The van der Waals surface area contributed by atoms with E-state index in [-0.39, 0.29) is 23.8 Å². The molecule has 1 aliphatic heterocycles. The first-order valence-corrected chi connectivity index (χ1v) is 15.0. The quantitative estimate of drug-likeness (QED) is 0.149. The first-order valence-electron chi connectivity index (χ1n) is 15.0. The molecule has 43 heavy (non-hydrogen) atoms. The minimum Gasteiger partial charge on any atom is -0.493 e. The molecule has 0 spiro atoms. The van der Waals surface area contributed by atoms with E-state index < -0.39 is 0 Å². The van der Waals surface area contributed by atoms with Crippen molar-refractivity contribution in [2.24, 2.45) is 5.92 Å². The van der Waals surface area contributed by atoms with Crippen LogP contribution >= 0.6 is 0 Å². The molecule has 1 saturated heterocycles. The van der Waals surface area contributed by atoms with E-state index in [1.165, 1.54) is 14.2 Å². The maximum atomic E-state index is 11.9. The molecule has 1 aliphatic rings. The Balaban J connectivity index is 1.40. The number of carbonyl (C=O) groups is 3. The number of benzene rings is 3. The Morgan fingerprint density at radius 1 is 0.837 bits per heavy atom. The van der Waals surface area contributed by atoms with Gasteiger partial charge in [0.05, 0.1) is 32.0 Å². The third-order valence-electron chi connectivity index (χ3n) is 7.83. The molecule has 0 aromatic heterocycles. The minimum atomic E-state index is -0.337. The Morgan fingerprint density at radius 3 is 1.95 bits per heavy atom. The predicted molar refractivity (Wildman–Crippen MR) is 167 cm³/mol. The lowest BCUT2D eigenvalue weighted by Gasteiger charge is -2.16. The number of esters is 2. The number of methoxy groups -OCH3 is 2. The summed E-state index contributed by atoms with van der Waals surface area (Å²) in [5, 5.41) is 0. The van der Waals surface area contributed by atoms with Gasteiger partial charge in [-0.15, -0.1) is 0 Å². The number of likely N-dealkylation sites (tertiary alicyclic amines) is 1. The zero-order chi connectivity index (χ0) is 30.4. The van der Waals surface area contributed by atoms with Crippen LogP contribution in [0.2, 0.25) is 0 Å². The van der Waals surface area contributed by atoms with Crippen LogP contribution < -0.4 is 4.74 Å². The number of hydrogen-bond donors (Lipinski definition) is 0. The summed E-state index contributed by atoms with van der Waals surface area (Å²) >= 11 is 0. The summed E-state index contributed by atoms with van der Waals surface area (Å²) in [6.45, 7) is 2.14. The molecule has 7 heteroatoms. The van der Waals surface area contributed by atoms with Gasteiger partial charge in [-0.3, -0.25) is 4.79 Å². The Bertz CT molecular complexity index is 1320. The van der Waals surface area contributed by atoms with Gasteiger partial charge in [0.2, 0.25) is 5.91 Å². The first-order chi connectivity index (χ1) is 21.0. The van der Waals surface area contributed by atoms with Crippen molar-refractivity contribution in [3.05, 3.63) is 107 Å². The molecular weight excluding hydrogens is 542 g/mol. The highest BCUT2D eigenvalue weighted by atomic mass is 16.5. The highest BCUT2D eigenvalue weighted by Gasteiger charge is 2.19. The van der Waals surface area contributed by atoms with E-state index in [1.54, 1.807) is 0 Å². The Hall–Kier alpha value is -4.39. The second-order valence-electron chi connectivity index (χ2n) is 10.8. The number of aryl methyl sites for hydroxylation is 2. The highest BCUT2D eigenvalue weighted by molar-refractivity contribution is 5.89. The van der Waals surface area contributed by atoms with E-state index in [1.807, 2.05) is 71.6 Å². The molecule has 0 saturated carbocycles. The molecule has 0 N–H and O–H groups in total. The molecule has 4 rings (SSSR count). The van der Waals surface area contributed by atoms with Gasteiger partial charge in [0.1, 0.15) is 5.75 Å². The van der Waals surface area contributed by atoms with Gasteiger partial charge in [-0.2, -0.15) is 0 Å². The molecule has 1 fully saturated rings. The molecule has 0 aliphatic carbocycles. The third kappa shape index (κ3) is 9.57. The number of allylic oxidation sites excluding steroid dienone is 1. The molecule has 0 bridgehead atoms. The Morgan fingerprint density at radius 2 is 1.42 bits per heavy atom. The van der Waals surface area contributed by atoms with Crippen LogP contribution in [0.5, 0.6) is 5.75 Å². The lowest BCUT2D eigenvalue weighted by Crippen LogP contribution is -2.26. The number of hydrogen-bond acceptors (Lipinski definition) is 6. The first kappa shape index (κ1) is 31.5. The van der Waals surface area contributed by atoms with Gasteiger partial charge in [0.25, 0.3) is 0 Å². The van der Waals surface area contributed by atoms with E-state index in [4.69, 9.17) is 14.2 Å². The number of amides is 1. The van der Waals surface area contributed by atoms with E-state index >= 15 is 0 Å². The molecule has 7 nitrogen and oxygen atoms in total. The average molecular weight is 584 g/mol. The molecule has 3 aromatic carbocycles. The van der Waals surface area contributed by atoms with Crippen molar-refractivity contribution in [1.82, 2.24) is 4.90 Å². The molecule has 1 amide bonds. The largest absolute Gasteiger partial charge is 0.493 e. The van der Waals surface area contributed by atoms with Gasteiger partial charge in [-0.1, -0.05) is 54.6 Å². The summed E-state index contributed by atoms with van der Waals surface area (Å²) in [7, 11) is 2.77. The smallest absolute Gasteiger partial charge is 0.337 e. The average Bonchev–Trinajstić information content (AvgIpc) is 3.47. The van der Waals surface area contributed by atoms with E-state index in [9.17, 15) is 14.4 Å². The number of para-hydroxylation sites is 1. The van der Waals surface area contributed by atoms with E-state index in [0.29, 0.717) is 24.2 Å². The molecule has 0 radical (unpaired) electrons. The van der Waals surface area contributed by atoms with Gasteiger partial charge in [-0.25, -0.2) is 9.59 Å². The molecule has 0 atom stereocenters. The fourth-order valence-corrected chi connectivity index (χ4v) is 5.26. The summed E-state index contributed by atoms with van der Waals surface area (Å²) in [4.78, 5) is 37.4. The van der Waals surface area contributed by atoms with Gasteiger partial charge < -0.3 is 19.1 Å². The minimum absolute atomic E-state index is 0.244. The topological polar surface area (TPSA) is 82.1 Å². The van der Waals surface area contributed by atoms with E-state index in [0.717, 1.165) is 74.1 Å². The van der Waals surface area contributed by atoms with Crippen molar-refractivity contribution in [2.75, 3.05) is 33.9 Å². The zero-order valence-corrected chi connectivity index (χ0v) is 25.1. The van der Waals surface area contributed by atoms with Crippen molar-refractivity contribution in [3.63, 3.8) is 0 Å². The van der Waals surface area contributed by atoms with Crippen molar-refractivity contribution in [2.45, 2.75) is 44.9 Å². The van der Waals surface area contributed by atoms with Crippen molar-refractivity contribution in [1.29, 1.82) is 0 Å². The molecule has 0 unspecified atom stereocenters. The Kier molecular flexibility index (Phi) is 12.0. The second kappa shape index (κ2) is 16.3.